The Morgan fingerprint density at radius 2 is 2.15 bits per heavy atom. The summed E-state index contributed by atoms with van der Waals surface area (Å²) in [4.78, 5) is 4.10. The van der Waals surface area contributed by atoms with E-state index >= 15 is 0 Å². The quantitative estimate of drug-likeness (QED) is 0.777. The average Bonchev–Trinajstić information content (AvgIpc) is 2.52. The topological polar surface area (TPSA) is 59.2 Å². The van der Waals surface area contributed by atoms with Crippen molar-refractivity contribution in [2.75, 3.05) is 0 Å². The van der Waals surface area contributed by atoms with E-state index in [0.717, 1.165) is 6.42 Å². The third-order valence-corrected chi connectivity index (χ3v) is 1.81. The molecule has 4 heteroatoms. The summed E-state index contributed by atoms with van der Waals surface area (Å²) in [7, 11) is 0. The highest BCUT2D eigenvalue weighted by Crippen LogP contribution is 2.17. The summed E-state index contributed by atoms with van der Waals surface area (Å²) in [5.74, 6) is 1.21. The number of rotatable bonds is 4. The van der Waals surface area contributed by atoms with Crippen LogP contribution in [0.15, 0.2) is 4.52 Å². The zero-order valence-corrected chi connectivity index (χ0v) is 8.32. The fourth-order valence-corrected chi connectivity index (χ4v) is 1.02. The summed E-state index contributed by atoms with van der Waals surface area (Å²) in [6, 6.07) is 0. The summed E-state index contributed by atoms with van der Waals surface area (Å²) in [6.45, 7) is 5.96. The Balaban J connectivity index is 2.67. The van der Waals surface area contributed by atoms with Crippen molar-refractivity contribution in [3.8, 4) is 0 Å². The smallest absolute Gasteiger partial charge is 0.229 e. The lowest BCUT2D eigenvalue weighted by atomic mass is 10.2. The average molecular weight is 184 g/mol. The van der Waals surface area contributed by atoms with Gasteiger partial charge in [-0.15, -0.1) is 0 Å². The monoisotopic (exact) mass is 184 g/mol. The van der Waals surface area contributed by atoms with Crippen LogP contribution in [-0.2, 0) is 0 Å². The van der Waals surface area contributed by atoms with Crippen LogP contribution < -0.4 is 0 Å². The van der Waals surface area contributed by atoms with Crippen molar-refractivity contribution in [1.29, 1.82) is 0 Å². The Morgan fingerprint density at radius 3 is 2.62 bits per heavy atom. The number of hydrogen-bond donors (Lipinski definition) is 1. The molecule has 0 radical (unpaired) electrons. The molecule has 0 amide bonds. The molecule has 1 aromatic heterocycles. The Hall–Kier alpha value is -0.900. The molecule has 1 N–H and O–H groups in total. The molecule has 0 saturated heterocycles. The largest absolute Gasteiger partial charge is 0.385 e. The number of aliphatic hydroxyl groups excluding tert-OH is 1. The first-order chi connectivity index (χ1) is 6.15. The Kier molecular flexibility index (Phi) is 3.42. The summed E-state index contributed by atoms with van der Waals surface area (Å²) in [5.41, 5.74) is 0. The Labute approximate surface area is 78.0 Å². The van der Waals surface area contributed by atoms with Gasteiger partial charge in [0.25, 0.3) is 0 Å². The Morgan fingerprint density at radius 1 is 1.46 bits per heavy atom. The summed E-state index contributed by atoms with van der Waals surface area (Å²) in [5, 5.41) is 13.3. The molecule has 1 atom stereocenters. The van der Waals surface area contributed by atoms with Crippen LogP contribution in [-0.4, -0.2) is 15.2 Å². The second kappa shape index (κ2) is 4.37. The highest BCUT2D eigenvalue weighted by molar-refractivity contribution is 4.93. The van der Waals surface area contributed by atoms with Gasteiger partial charge in [0.05, 0.1) is 0 Å². The van der Waals surface area contributed by atoms with Gasteiger partial charge in [-0.05, 0) is 6.42 Å². The van der Waals surface area contributed by atoms with Crippen molar-refractivity contribution < 1.29 is 9.63 Å². The van der Waals surface area contributed by atoms with Crippen LogP contribution in [0.5, 0.6) is 0 Å². The lowest BCUT2D eigenvalue weighted by Crippen LogP contribution is -1.99. The van der Waals surface area contributed by atoms with E-state index in [2.05, 4.69) is 10.1 Å². The molecule has 0 aliphatic heterocycles. The van der Waals surface area contributed by atoms with Crippen LogP contribution in [0, 0.1) is 0 Å². The predicted octanol–water partition coefficient (Wildman–Crippen LogP) is 2.03. The maximum absolute atomic E-state index is 9.53. The van der Waals surface area contributed by atoms with Crippen LogP contribution in [0.4, 0.5) is 0 Å². The maximum Gasteiger partial charge on any atom is 0.229 e. The zero-order chi connectivity index (χ0) is 9.84. The van der Waals surface area contributed by atoms with Gasteiger partial charge >= 0.3 is 0 Å². The summed E-state index contributed by atoms with van der Waals surface area (Å²) >= 11 is 0. The van der Waals surface area contributed by atoms with E-state index in [-0.39, 0.29) is 5.92 Å². The molecule has 0 spiro atoms. The van der Waals surface area contributed by atoms with Crippen molar-refractivity contribution in [1.82, 2.24) is 10.1 Å². The van der Waals surface area contributed by atoms with Crippen LogP contribution in [0.1, 0.15) is 57.3 Å². The first kappa shape index (κ1) is 10.2. The third kappa shape index (κ3) is 2.52. The van der Waals surface area contributed by atoms with E-state index in [1.54, 1.807) is 0 Å². The van der Waals surface area contributed by atoms with Crippen molar-refractivity contribution in [2.45, 2.75) is 45.6 Å². The number of nitrogens with zero attached hydrogens (tertiary/aromatic N) is 2. The van der Waals surface area contributed by atoms with Crippen LogP contribution in [0.3, 0.4) is 0 Å². The highest BCUT2D eigenvalue weighted by Gasteiger charge is 2.15. The van der Waals surface area contributed by atoms with E-state index in [9.17, 15) is 5.11 Å². The number of hydrogen-bond acceptors (Lipinski definition) is 4. The molecule has 0 aliphatic carbocycles. The molecule has 0 aliphatic rings. The minimum atomic E-state index is -0.582. The fourth-order valence-electron chi connectivity index (χ4n) is 1.02. The Bertz CT molecular complexity index is 258. The molecule has 0 fully saturated rings. The lowest BCUT2D eigenvalue weighted by molar-refractivity contribution is 0.152. The molecular formula is C9H16N2O2. The van der Waals surface area contributed by atoms with Gasteiger partial charge in [-0.2, -0.15) is 4.98 Å². The standard InChI is InChI=1S/C9H16N2O2/c1-4-5-7(12)8-10-9(6(2)3)13-11-8/h6-7,12H,4-5H2,1-3H3. The van der Waals surface area contributed by atoms with Gasteiger partial charge in [0.1, 0.15) is 6.10 Å². The first-order valence-corrected chi connectivity index (χ1v) is 4.66. The molecule has 1 rings (SSSR count). The second-order valence-corrected chi connectivity index (χ2v) is 3.45. The maximum atomic E-state index is 9.53. The van der Waals surface area contributed by atoms with Gasteiger partial charge in [0.15, 0.2) is 5.82 Å². The van der Waals surface area contributed by atoms with Gasteiger partial charge in [-0.1, -0.05) is 32.3 Å². The molecule has 13 heavy (non-hydrogen) atoms. The van der Waals surface area contributed by atoms with Gasteiger partial charge < -0.3 is 9.63 Å². The lowest BCUT2D eigenvalue weighted by Gasteiger charge is -2.01. The molecule has 0 aromatic carbocycles. The molecule has 0 saturated carbocycles. The minimum absolute atomic E-state index is 0.218. The number of aliphatic hydroxyl groups is 1. The van der Waals surface area contributed by atoms with Crippen LogP contribution in [0.25, 0.3) is 0 Å². The molecular weight excluding hydrogens is 168 g/mol. The second-order valence-electron chi connectivity index (χ2n) is 3.45. The molecule has 1 unspecified atom stereocenters. The predicted molar refractivity (Wildman–Crippen MR) is 48.3 cm³/mol. The fraction of sp³-hybridized carbons (Fsp3) is 0.778. The van der Waals surface area contributed by atoms with Crippen molar-refractivity contribution in [2.24, 2.45) is 0 Å². The van der Waals surface area contributed by atoms with Crippen molar-refractivity contribution in [3.05, 3.63) is 11.7 Å². The highest BCUT2D eigenvalue weighted by atomic mass is 16.5. The molecule has 74 valence electrons. The number of aromatic nitrogens is 2. The van der Waals surface area contributed by atoms with Gasteiger partial charge in [0, 0.05) is 5.92 Å². The normalized spacial score (nSPS) is 13.6. The molecule has 4 nitrogen and oxygen atoms in total. The van der Waals surface area contributed by atoms with Gasteiger partial charge in [-0.25, -0.2) is 0 Å². The van der Waals surface area contributed by atoms with Crippen LogP contribution in [0.2, 0.25) is 0 Å². The van der Waals surface area contributed by atoms with E-state index in [4.69, 9.17) is 4.52 Å². The van der Waals surface area contributed by atoms with E-state index in [1.807, 2.05) is 20.8 Å². The molecule has 0 bridgehead atoms. The van der Waals surface area contributed by atoms with Crippen LogP contribution >= 0.6 is 0 Å². The van der Waals surface area contributed by atoms with E-state index < -0.39 is 6.10 Å². The summed E-state index contributed by atoms with van der Waals surface area (Å²) in [6.07, 6.45) is 1.00. The minimum Gasteiger partial charge on any atom is -0.385 e. The van der Waals surface area contributed by atoms with Crippen molar-refractivity contribution >= 4 is 0 Å². The SMILES string of the molecule is CCCC(O)c1noc(C(C)C)n1. The van der Waals surface area contributed by atoms with Gasteiger partial charge in [0.2, 0.25) is 5.89 Å². The van der Waals surface area contributed by atoms with E-state index in [1.165, 1.54) is 0 Å². The molecule has 1 aromatic rings. The zero-order valence-electron chi connectivity index (χ0n) is 8.32. The first-order valence-electron chi connectivity index (χ1n) is 4.66. The third-order valence-electron chi connectivity index (χ3n) is 1.81. The van der Waals surface area contributed by atoms with E-state index in [0.29, 0.717) is 18.1 Å². The van der Waals surface area contributed by atoms with Crippen molar-refractivity contribution in [3.63, 3.8) is 0 Å². The van der Waals surface area contributed by atoms with Gasteiger partial charge in [-0.3, -0.25) is 0 Å². The summed E-state index contributed by atoms with van der Waals surface area (Å²) < 4.78 is 4.97. The molecule has 1 heterocycles.